The minimum absolute atomic E-state index is 0.155. The molecule has 0 bridgehead atoms. The minimum atomic E-state index is -0.155. The number of aryl methyl sites for hydroxylation is 2. The van der Waals surface area contributed by atoms with Gasteiger partial charge in [-0.15, -0.1) is 5.10 Å². The van der Waals surface area contributed by atoms with E-state index in [2.05, 4.69) is 56.5 Å². The van der Waals surface area contributed by atoms with Crippen LogP contribution in [0, 0.1) is 5.82 Å². The summed E-state index contributed by atoms with van der Waals surface area (Å²) in [5.74, 6) is 0.764. The maximum atomic E-state index is 14.1. The molecule has 0 aliphatic carbocycles. The first-order chi connectivity index (χ1) is 14.3. The Morgan fingerprint density at radius 3 is 2.41 bits per heavy atom. The van der Waals surface area contributed by atoms with Crippen LogP contribution in [-0.4, -0.2) is 51.3 Å². The van der Waals surface area contributed by atoms with Crippen LogP contribution < -0.4 is 4.90 Å². The second kappa shape index (κ2) is 9.13. The number of rotatable bonds is 7. The van der Waals surface area contributed by atoms with Gasteiger partial charge in [-0.3, -0.25) is 4.90 Å². The summed E-state index contributed by atoms with van der Waals surface area (Å²) in [6.45, 7) is 6.24. The van der Waals surface area contributed by atoms with Crippen LogP contribution in [0.2, 0.25) is 0 Å². The Hall–Kier alpha value is -2.80. The van der Waals surface area contributed by atoms with E-state index >= 15 is 0 Å². The van der Waals surface area contributed by atoms with Crippen molar-refractivity contribution in [3.8, 4) is 0 Å². The predicted molar refractivity (Wildman–Crippen MR) is 111 cm³/mol. The smallest absolute Gasteiger partial charge is 0.168 e. The van der Waals surface area contributed by atoms with Crippen molar-refractivity contribution in [1.82, 2.24) is 25.1 Å². The van der Waals surface area contributed by atoms with Crippen LogP contribution in [0.25, 0.3) is 0 Å². The maximum Gasteiger partial charge on any atom is 0.168 e. The van der Waals surface area contributed by atoms with Crippen molar-refractivity contribution in [3.63, 3.8) is 0 Å². The van der Waals surface area contributed by atoms with Crippen molar-refractivity contribution in [1.29, 1.82) is 0 Å². The first-order valence-corrected chi connectivity index (χ1v) is 10.3. The molecule has 152 valence electrons. The van der Waals surface area contributed by atoms with E-state index in [9.17, 15) is 4.39 Å². The molecule has 1 aromatic heterocycles. The standard InChI is InChI=1S/C22H27FN6/c1-2-20(22-24-25-26-29(22)13-12-18-8-4-3-5-9-18)27-14-16-28(17-15-27)21-11-7-6-10-19(21)23/h3-11,20H,2,12-17H2,1H3/t20-/m0/s1. The van der Waals surface area contributed by atoms with Crippen molar-refractivity contribution in [3.05, 3.63) is 71.8 Å². The average molecular weight is 394 g/mol. The van der Waals surface area contributed by atoms with Crippen molar-refractivity contribution in [2.24, 2.45) is 0 Å². The first kappa shape index (κ1) is 19.5. The fourth-order valence-electron chi connectivity index (χ4n) is 4.08. The van der Waals surface area contributed by atoms with E-state index in [0.717, 1.165) is 51.4 Å². The van der Waals surface area contributed by atoms with Crippen molar-refractivity contribution in [2.45, 2.75) is 32.4 Å². The van der Waals surface area contributed by atoms with Gasteiger partial charge in [0.1, 0.15) is 5.82 Å². The third kappa shape index (κ3) is 4.45. The van der Waals surface area contributed by atoms with Gasteiger partial charge < -0.3 is 4.90 Å². The Kier molecular flexibility index (Phi) is 6.14. The van der Waals surface area contributed by atoms with Gasteiger partial charge in [-0.25, -0.2) is 9.07 Å². The molecular formula is C22H27FN6. The molecule has 0 saturated carbocycles. The van der Waals surface area contributed by atoms with Gasteiger partial charge in [-0.2, -0.15) is 0 Å². The molecule has 0 radical (unpaired) electrons. The number of hydrogen-bond donors (Lipinski definition) is 0. The molecule has 0 spiro atoms. The van der Waals surface area contributed by atoms with E-state index in [1.165, 1.54) is 11.6 Å². The quantitative estimate of drug-likeness (QED) is 0.615. The summed E-state index contributed by atoms with van der Waals surface area (Å²) in [5, 5.41) is 12.5. The minimum Gasteiger partial charge on any atom is -0.367 e. The number of aromatic nitrogens is 4. The highest BCUT2D eigenvalue weighted by molar-refractivity contribution is 5.48. The van der Waals surface area contributed by atoms with Gasteiger partial charge in [0.25, 0.3) is 0 Å². The highest BCUT2D eigenvalue weighted by Gasteiger charge is 2.28. The Balaban J connectivity index is 1.41. The first-order valence-electron chi connectivity index (χ1n) is 10.3. The third-order valence-electron chi connectivity index (χ3n) is 5.65. The lowest BCUT2D eigenvalue weighted by atomic mass is 10.1. The molecule has 3 aromatic rings. The number of para-hydroxylation sites is 1. The van der Waals surface area contributed by atoms with E-state index in [0.29, 0.717) is 5.69 Å². The van der Waals surface area contributed by atoms with Gasteiger partial charge in [0.05, 0.1) is 11.7 Å². The van der Waals surface area contributed by atoms with E-state index in [4.69, 9.17) is 0 Å². The lowest BCUT2D eigenvalue weighted by molar-refractivity contribution is 0.169. The van der Waals surface area contributed by atoms with E-state index in [1.54, 1.807) is 6.07 Å². The van der Waals surface area contributed by atoms with Crippen LogP contribution in [0.5, 0.6) is 0 Å². The Bertz CT molecular complexity index is 904. The lowest BCUT2D eigenvalue weighted by Crippen LogP contribution is -2.48. The number of benzene rings is 2. The number of nitrogens with zero attached hydrogens (tertiary/aromatic N) is 6. The summed E-state index contributed by atoms with van der Waals surface area (Å²) < 4.78 is 16.0. The summed E-state index contributed by atoms with van der Waals surface area (Å²) >= 11 is 0. The number of hydrogen-bond acceptors (Lipinski definition) is 5. The van der Waals surface area contributed by atoms with Crippen LogP contribution >= 0.6 is 0 Å². The van der Waals surface area contributed by atoms with Crippen LogP contribution in [0.3, 0.4) is 0 Å². The Morgan fingerprint density at radius 1 is 0.966 bits per heavy atom. The Labute approximate surface area is 170 Å². The van der Waals surface area contributed by atoms with Crippen molar-refractivity contribution in [2.75, 3.05) is 31.1 Å². The molecule has 0 amide bonds. The number of anilines is 1. The SMILES string of the molecule is CC[C@@H](c1nnnn1CCc1ccccc1)N1CCN(c2ccccc2F)CC1. The zero-order valence-corrected chi connectivity index (χ0v) is 16.8. The number of tetrazole rings is 1. The van der Waals surface area contributed by atoms with Crippen LogP contribution in [0.15, 0.2) is 54.6 Å². The van der Waals surface area contributed by atoms with Gasteiger partial charge in [0.15, 0.2) is 5.82 Å². The molecule has 1 aliphatic rings. The zero-order valence-electron chi connectivity index (χ0n) is 16.8. The summed E-state index contributed by atoms with van der Waals surface area (Å²) in [5.41, 5.74) is 1.97. The molecule has 6 nitrogen and oxygen atoms in total. The predicted octanol–water partition coefficient (Wildman–Crippen LogP) is 3.33. The van der Waals surface area contributed by atoms with Gasteiger partial charge >= 0.3 is 0 Å². The summed E-state index contributed by atoms with van der Waals surface area (Å²) in [4.78, 5) is 4.54. The average Bonchev–Trinajstić information content (AvgIpc) is 3.23. The van der Waals surface area contributed by atoms with Crippen molar-refractivity contribution < 1.29 is 4.39 Å². The third-order valence-corrected chi connectivity index (χ3v) is 5.65. The fourth-order valence-corrected chi connectivity index (χ4v) is 4.08. The molecule has 0 N–H and O–H groups in total. The van der Waals surface area contributed by atoms with Gasteiger partial charge in [-0.1, -0.05) is 49.4 Å². The molecule has 2 heterocycles. The molecule has 29 heavy (non-hydrogen) atoms. The highest BCUT2D eigenvalue weighted by Crippen LogP contribution is 2.26. The monoisotopic (exact) mass is 394 g/mol. The molecule has 2 aromatic carbocycles. The normalized spacial score (nSPS) is 16.1. The second-order valence-electron chi connectivity index (χ2n) is 7.39. The molecule has 4 rings (SSSR count). The van der Waals surface area contributed by atoms with Gasteiger partial charge in [-0.05, 0) is 41.0 Å². The maximum absolute atomic E-state index is 14.1. The summed E-state index contributed by atoms with van der Waals surface area (Å²) in [6, 6.07) is 17.6. The molecular weight excluding hydrogens is 367 g/mol. The number of piperazine rings is 1. The van der Waals surface area contributed by atoms with E-state index < -0.39 is 0 Å². The van der Waals surface area contributed by atoms with Crippen LogP contribution in [-0.2, 0) is 13.0 Å². The zero-order chi connectivity index (χ0) is 20.1. The summed E-state index contributed by atoms with van der Waals surface area (Å²) in [6.07, 6.45) is 1.84. The molecule has 7 heteroatoms. The molecule has 1 aliphatic heterocycles. The van der Waals surface area contributed by atoms with Crippen molar-refractivity contribution >= 4 is 5.69 Å². The van der Waals surface area contributed by atoms with Crippen LogP contribution in [0.1, 0.15) is 30.8 Å². The van der Waals surface area contributed by atoms with Crippen LogP contribution in [0.4, 0.5) is 10.1 Å². The van der Waals surface area contributed by atoms with E-state index in [1.807, 2.05) is 22.9 Å². The second-order valence-corrected chi connectivity index (χ2v) is 7.39. The van der Waals surface area contributed by atoms with Gasteiger partial charge in [0.2, 0.25) is 0 Å². The Morgan fingerprint density at radius 2 is 1.69 bits per heavy atom. The molecule has 1 fully saturated rings. The topological polar surface area (TPSA) is 50.1 Å². The van der Waals surface area contributed by atoms with Gasteiger partial charge in [0, 0.05) is 32.7 Å². The largest absolute Gasteiger partial charge is 0.367 e. The highest BCUT2D eigenvalue weighted by atomic mass is 19.1. The molecule has 1 saturated heterocycles. The summed E-state index contributed by atoms with van der Waals surface area (Å²) in [7, 11) is 0. The molecule has 0 unspecified atom stereocenters. The fraction of sp³-hybridized carbons (Fsp3) is 0.409. The molecule has 1 atom stereocenters. The number of halogens is 1. The van der Waals surface area contributed by atoms with E-state index in [-0.39, 0.29) is 11.9 Å². The lowest BCUT2D eigenvalue weighted by Gasteiger charge is -2.39.